The molecule has 19 heavy (non-hydrogen) atoms. The largest absolute Gasteiger partial charge is 0.481 e. The first-order chi connectivity index (χ1) is 8.53. The van der Waals surface area contributed by atoms with Crippen molar-refractivity contribution in [3.63, 3.8) is 0 Å². The van der Waals surface area contributed by atoms with Gasteiger partial charge in [-0.15, -0.1) is 0 Å². The highest BCUT2D eigenvalue weighted by molar-refractivity contribution is 7.95. The second-order valence-electron chi connectivity index (χ2n) is 4.18. The summed E-state index contributed by atoms with van der Waals surface area (Å²) in [5, 5.41) is 16.0. The molecule has 0 saturated carbocycles. The first-order valence-corrected chi connectivity index (χ1v) is 8.56. The number of aliphatic carboxylic acids is 2. The summed E-state index contributed by atoms with van der Waals surface area (Å²) in [6, 6.07) is -1.81. The Bertz CT molecular complexity index is 578. The molecule has 0 aromatic rings. The SMILES string of the molecule is O=C(O)CC(NS(=O)(=O)C1CCS(=O)(=O)C1)C(=O)O. The minimum atomic E-state index is -4.19. The Hall–Kier alpha value is -1.20. The predicted molar refractivity (Wildman–Crippen MR) is 62.8 cm³/mol. The second-order valence-corrected chi connectivity index (χ2v) is 8.40. The van der Waals surface area contributed by atoms with Crippen molar-refractivity contribution in [1.29, 1.82) is 0 Å². The van der Waals surface area contributed by atoms with Crippen LogP contribution < -0.4 is 4.72 Å². The molecule has 0 radical (unpaired) electrons. The van der Waals surface area contributed by atoms with Gasteiger partial charge in [0.05, 0.1) is 23.2 Å². The molecule has 1 rings (SSSR count). The fourth-order valence-corrected chi connectivity index (χ4v) is 5.89. The lowest BCUT2D eigenvalue weighted by Gasteiger charge is -2.16. The van der Waals surface area contributed by atoms with E-state index in [1.54, 1.807) is 4.72 Å². The smallest absolute Gasteiger partial charge is 0.322 e. The van der Waals surface area contributed by atoms with Crippen molar-refractivity contribution in [2.24, 2.45) is 0 Å². The van der Waals surface area contributed by atoms with Gasteiger partial charge in [-0.05, 0) is 6.42 Å². The molecule has 1 aliphatic rings. The van der Waals surface area contributed by atoms with E-state index in [1.165, 1.54) is 0 Å². The van der Waals surface area contributed by atoms with Crippen LogP contribution in [0.3, 0.4) is 0 Å². The first-order valence-electron chi connectivity index (χ1n) is 5.19. The number of carboxylic acid groups (broad SMARTS) is 2. The van der Waals surface area contributed by atoms with Crippen LogP contribution in [0, 0.1) is 0 Å². The zero-order valence-electron chi connectivity index (χ0n) is 9.64. The van der Waals surface area contributed by atoms with E-state index in [4.69, 9.17) is 10.2 Å². The molecule has 11 heteroatoms. The van der Waals surface area contributed by atoms with Crippen molar-refractivity contribution in [2.45, 2.75) is 24.1 Å². The van der Waals surface area contributed by atoms with Crippen LogP contribution in [0.2, 0.25) is 0 Å². The van der Waals surface area contributed by atoms with E-state index in [1.807, 2.05) is 0 Å². The van der Waals surface area contributed by atoms with Crippen LogP contribution in [0.5, 0.6) is 0 Å². The molecule has 0 aliphatic carbocycles. The van der Waals surface area contributed by atoms with Gasteiger partial charge in [0.2, 0.25) is 10.0 Å². The maximum atomic E-state index is 11.8. The molecule has 0 amide bonds. The molecule has 2 unspecified atom stereocenters. The summed E-state index contributed by atoms with van der Waals surface area (Å²) < 4.78 is 47.7. The number of hydrogen-bond donors (Lipinski definition) is 3. The van der Waals surface area contributed by atoms with Crippen LogP contribution >= 0.6 is 0 Å². The molecule has 110 valence electrons. The topological polar surface area (TPSA) is 155 Å². The molecule has 1 heterocycles. The van der Waals surface area contributed by atoms with E-state index in [0.29, 0.717) is 0 Å². The molecule has 0 bridgehead atoms. The molecular formula is C8H13NO8S2. The van der Waals surface area contributed by atoms with Gasteiger partial charge in [-0.25, -0.2) is 21.6 Å². The zero-order valence-corrected chi connectivity index (χ0v) is 11.3. The number of nitrogens with one attached hydrogen (secondary N) is 1. The summed E-state index contributed by atoms with van der Waals surface area (Å²) in [6.45, 7) is 0. The molecular weight excluding hydrogens is 302 g/mol. The van der Waals surface area contributed by atoms with Crippen molar-refractivity contribution < 1.29 is 36.6 Å². The van der Waals surface area contributed by atoms with Gasteiger partial charge >= 0.3 is 11.9 Å². The van der Waals surface area contributed by atoms with Gasteiger partial charge in [0.1, 0.15) is 6.04 Å². The van der Waals surface area contributed by atoms with Crippen molar-refractivity contribution >= 4 is 31.8 Å². The van der Waals surface area contributed by atoms with Crippen molar-refractivity contribution in [2.75, 3.05) is 11.5 Å². The zero-order chi connectivity index (χ0) is 14.8. The number of carboxylic acids is 2. The van der Waals surface area contributed by atoms with Crippen LogP contribution in [0.1, 0.15) is 12.8 Å². The standard InChI is InChI=1S/C8H13NO8S2/c10-7(11)3-6(8(12)13)9-19(16,17)5-1-2-18(14,15)4-5/h5-6,9H,1-4H2,(H,10,11)(H,12,13). The summed E-state index contributed by atoms with van der Waals surface area (Å²) >= 11 is 0. The third-order valence-corrected chi connectivity index (χ3v) is 6.48. The number of carbonyl (C=O) groups is 2. The number of sulfone groups is 1. The van der Waals surface area contributed by atoms with E-state index < -0.39 is 55.3 Å². The van der Waals surface area contributed by atoms with E-state index in [2.05, 4.69) is 0 Å². The fourth-order valence-electron chi connectivity index (χ4n) is 1.65. The highest BCUT2D eigenvalue weighted by atomic mass is 32.2. The van der Waals surface area contributed by atoms with Gasteiger partial charge in [0, 0.05) is 0 Å². The van der Waals surface area contributed by atoms with E-state index in [9.17, 15) is 26.4 Å². The molecule has 0 aromatic heterocycles. The molecule has 1 saturated heterocycles. The van der Waals surface area contributed by atoms with Gasteiger partial charge in [0.15, 0.2) is 9.84 Å². The van der Waals surface area contributed by atoms with Crippen LogP contribution in [0.15, 0.2) is 0 Å². The maximum Gasteiger partial charge on any atom is 0.322 e. The van der Waals surface area contributed by atoms with E-state index in [0.717, 1.165) is 0 Å². The lowest BCUT2D eigenvalue weighted by Crippen LogP contribution is -2.46. The quantitative estimate of drug-likeness (QED) is 0.509. The van der Waals surface area contributed by atoms with Gasteiger partial charge in [0.25, 0.3) is 0 Å². The Balaban J connectivity index is 2.83. The van der Waals surface area contributed by atoms with Crippen molar-refractivity contribution in [3.05, 3.63) is 0 Å². The van der Waals surface area contributed by atoms with Gasteiger partial charge in [-0.2, -0.15) is 0 Å². The molecule has 1 aliphatic heterocycles. The maximum absolute atomic E-state index is 11.8. The van der Waals surface area contributed by atoms with Gasteiger partial charge in [-0.1, -0.05) is 0 Å². The Labute approximate surface area is 109 Å². The summed E-state index contributed by atoms with van der Waals surface area (Å²) in [4.78, 5) is 21.2. The lowest BCUT2D eigenvalue weighted by molar-refractivity contribution is -0.145. The Morgan fingerprint density at radius 1 is 1.32 bits per heavy atom. The molecule has 0 aromatic carbocycles. The van der Waals surface area contributed by atoms with Crippen molar-refractivity contribution in [1.82, 2.24) is 4.72 Å². The number of sulfonamides is 1. The third-order valence-electron chi connectivity index (χ3n) is 2.61. The average molecular weight is 315 g/mol. The normalized spacial score (nSPS) is 23.9. The fraction of sp³-hybridized carbons (Fsp3) is 0.750. The van der Waals surface area contributed by atoms with Crippen molar-refractivity contribution in [3.8, 4) is 0 Å². The van der Waals surface area contributed by atoms with Gasteiger partial charge < -0.3 is 10.2 Å². The lowest BCUT2D eigenvalue weighted by atomic mass is 10.2. The molecule has 1 fully saturated rings. The minimum absolute atomic E-state index is 0.128. The monoisotopic (exact) mass is 315 g/mol. The van der Waals surface area contributed by atoms with Gasteiger partial charge in [-0.3, -0.25) is 9.59 Å². The number of rotatable bonds is 6. The Morgan fingerprint density at radius 2 is 1.89 bits per heavy atom. The number of hydrogen-bond acceptors (Lipinski definition) is 6. The summed E-state index contributed by atoms with van der Waals surface area (Å²) in [5.74, 6) is -3.97. The molecule has 3 N–H and O–H groups in total. The average Bonchev–Trinajstić information content (AvgIpc) is 2.57. The Kier molecular flexibility index (Phi) is 4.53. The predicted octanol–water partition coefficient (Wildman–Crippen LogP) is -1.98. The third kappa shape index (κ3) is 4.44. The molecule has 2 atom stereocenters. The second kappa shape index (κ2) is 5.43. The van der Waals surface area contributed by atoms with Crippen LogP contribution in [-0.4, -0.2) is 61.8 Å². The highest BCUT2D eigenvalue weighted by Gasteiger charge is 2.39. The summed E-state index contributed by atoms with van der Waals surface area (Å²) in [5.41, 5.74) is 0. The van der Waals surface area contributed by atoms with Crippen LogP contribution in [-0.2, 0) is 29.4 Å². The first kappa shape index (κ1) is 15.9. The van der Waals surface area contributed by atoms with Crippen LogP contribution in [0.25, 0.3) is 0 Å². The van der Waals surface area contributed by atoms with E-state index in [-0.39, 0.29) is 12.2 Å². The Morgan fingerprint density at radius 3 is 2.26 bits per heavy atom. The summed E-state index contributed by atoms with van der Waals surface area (Å²) in [7, 11) is -7.63. The highest BCUT2D eigenvalue weighted by Crippen LogP contribution is 2.18. The van der Waals surface area contributed by atoms with E-state index >= 15 is 0 Å². The minimum Gasteiger partial charge on any atom is -0.481 e. The molecule has 9 nitrogen and oxygen atoms in total. The van der Waals surface area contributed by atoms with Crippen LogP contribution in [0.4, 0.5) is 0 Å². The summed E-state index contributed by atoms with van der Waals surface area (Å²) in [6.07, 6.45) is -1.05. The molecule has 0 spiro atoms.